The second-order valence-electron chi connectivity index (χ2n) is 7.03. The Hall–Kier alpha value is -1.63. The van der Waals surface area contributed by atoms with Gasteiger partial charge in [0, 0.05) is 0 Å². The topological polar surface area (TPSA) is 114 Å². The molecule has 1 aliphatic carbocycles. The van der Waals surface area contributed by atoms with Gasteiger partial charge in [-0.25, -0.2) is 0 Å². The van der Waals surface area contributed by atoms with Crippen LogP contribution < -0.4 is 5.32 Å². The highest BCUT2D eigenvalue weighted by Crippen LogP contribution is 2.42. The summed E-state index contributed by atoms with van der Waals surface area (Å²) in [5, 5.41) is 11.7. The zero-order chi connectivity index (χ0) is 23.0. The average molecular weight is 578 g/mol. The molecule has 2 N–H and O–H groups in total. The molecule has 1 heterocycles. The Morgan fingerprint density at radius 2 is 1.94 bits per heavy atom. The molecular formula is C19H15BrCl2N4O4S2. The highest BCUT2D eigenvalue weighted by atomic mass is 79.9. The van der Waals surface area contributed by atoms with Crippen LogP contribution in [-0.2, 0) is 14.9 Å². The van der Waals surface area contributed by atoms with Gasteiger partial charge in [0.25, 0.3) is 10.1 Å². The van der Waals surface area contributed by atoms with Crippen molar-refractivity contribution >= 4 is 72.6 Å². The first-order chi connectivity index (χ1) is 15.1. The summed E-state index contributed by atoms with van der Waals surface area (Å²) in [5.74, 6) is 0.165. The maximum absolute atomic E-state index is 12.4. The number of benzene rings is 2. The lowest BCUT2D eigenvalue weighted by Crippen LogP contribution is -2.15. The van der Waals surface area contributed by atoms with Gasteiger partial charge in [0.1, 0.15) is 0 Å². The molecule has 1 aromatic heterocycles. The molecule has 0 atom stereocenters. The van der Waals surface area contributed by atoms with Crippen molar-refractivity contribution in [1.82, 2.24) is 14.8 Å². The standard InChI is InChI=1S/C19H15BrCl2N4O4S2/c20-18-24-25-19(26(18)16-6-3-11(7-14(16)22)10-1-2-10)31-9-17(27)23-15-5-4-12(8-13(15)21)32(28,29)30/h3-8,10H,1-2,9H2,(H,23,27)(H,28,29,30). The summed E-state index contributed by atoms with van der Waals surface area (Å²) in [4.78, 5) is 12.1. The van der Waals surface area contributed by atoms with Gasteiger partial charge < -0.3 is 5.32 Å². The van der Waals surface area contributed by atoms with Crippen LogP contribution in [0.15, 0.2) is 51.2 Å². The molecule has 2 aromatic carbocycles. The minimum atomic E-state index is -4.39. The molecule has 13 heteroatoms. The Morgan fingerprint density at radius 3 is 2.56 bits per heavy atom. The summed E-state index contributed by atoms with van der Waals surface area (Å²) in [6.45, 7) is 0. The number of rotatable bonds is 7. The number of halogens is 3. The minimum Gasteiger partial charge on any atom is -0.324 e. The summed E-state index contributed by atoms with van der Waals surface area (Å²) in [6.07, 6.45) is 2.34. The monoisotopic (exact) mass is 576 g/mol. The highest BCUT2D eigenvalue weighted by molar-refractivity contribution is 9.10. The Labute approximate surface area is 206 Å². The van der Waals surface area contributed by atoms with Crippen LogP contribution in [0.5, 0.6) is 0 Å². The van der Waals surface area contributed by atoms with Crippen LogP contribution in [0.4, 0.5) is 5.69 Å². The molecule has 8 nitrogen and oxygen atoms in total. The third-order valence-corrected chi connectivity index (χ3v) is 7.61. The molecule has 1 aliphatic rings. The van der Waals surface area contributed by atoms with Crippen molar-refractivity contribution in [3.8, 4) is 5.69 Å². The molecule has 32 heavy (non-hydrogen) atoms. The van der Waals surface area contributed by atoms with Gasteiger partial charge in [0.15, 0.2) is 5.16 Å². The van der Waals surface area contributed by atoms with E-state index in [9.17, 15) is 13.2 Å². The van der Waals surface area contributed by atoms with E-state index >= 15 is 0 Å². The van der Waals surface area contributed by atoms with Gasteiger partial charge in [0.05, 0.1) is 32.1 Å². The van der Waals surface area contributed by atoms with E-state index < -0.39 is 16.0 Å². The average Bonchev–Trinajstić information content (AvgIpc) is 3.51. The summed E-state index contributed by atoms with van der Waals surface area (Å²) in [7, 11) is -4.39. The predicted molar refractivity (Wildman–Crippen MR) is 127 cm³/mol. The number of carbonyl (C=O) groups is 1. The van der Waals surface area contributed by atoms with Crippen molar-refractivity contribution in [1.29, 1.82) is 0 Å². The number of carbonyl (C=O) groups excluding carboxylic acids is 1. The molecule has 0 bridgehead atoms. The van der Waals surface area contributed by atoms with Gasteiger partial charge >= 0.3 is 0 Å². The Morgan fingerprint density at radius 1 is 1.19 bits per heavy atom. The van der Waals surface area contributed by atoms with E-state index in [-0.39, 0.29) is 21.4 Å². The van der Waals surface area contributed by atoms with Crippen LogP contribution in [0.25, 0.3) is 5.69 Å². The van der Waals surface area contributed by atoms with Crippen molar-refractivity contribution < 1.29 is 17.8 Å². The van der Waals surface area contributed by atoms with Crippen LogP contribution in [0.3, 0.4) is 0 Å². The van der Waals surface area contributed by atoms with Crippen LogP contribution in [0.2, 0.25) is 10.0 Å². The van der Waals surface area contributed by atoms with Crippen molar-refractivity contribution in [2.24, 2.45) is 0 Å². The second-order valence-corrected chi connectivity index (χ2v) is 10.9. The summed E-state index contributed by atoms with van der Waals surface area (Å²) < 4.78 is 33.6. The number of hydrogen-bond acceptors (Lipinski definition) is 6. The van der Waals surface area contributed by atoms with Gasteiger partial charge in [-0.2, -0.15) is 8.42 Å². The van der Waals surface area contributed by atoms with E-state index in [1.807, 2.05) is 18.2 Å². The molecule has 168 valence electrons. The van der Waals surface area contributed by atoms with Gasteiger partial charge in [0.2, 0.25) is 10.6 Å². The summed E-state index contributed by atoms with van der Waals surface area (Å²) >= 11 is 17.0. The van der Waals surface area contributed by atoms with E-state index in [1.54, 1.807) is 4.57 Å². The Balaban J connectivity index is 1.47. The highest BCUT2D eigenvalue weighted by Gasteiger charge is 2.25. The molecule has 1 amide bonds. The first-order valence-electron chi connectivity index (χ1n) is 9.24. The van der Waals surface area contributed by atoms with E-state index in [0.29, 0.717) is 26.5 Å². The van der Waals surface area contributed by atoms with Crippen LogP contribution in [-0.4, -0.2) is 39.4 Å². The number of aromatic nitrogens is 3. The molecular weight excluding hydrogens is 563 g/mol. The predicted octanol–water partition coefficient (Wildman–Crippen LogP) is 5.19. The van der Waals surface area contributed by atoms with Crippen molar-refractivity contribution in [2.75, 3.05) is 11.1 Å². The van der Waals surface area contributed by atoms with Gasteiger partial charge in [-0.05, 0) is 70.6 Å². The fourth-order valence-electron chi connectivity index (χ4n) is 3.00. The zero-order valence-corrected chi connectivity index (χ0v) is 20.9. The van der Waals surface area contributed by atoms with Crippen molar-refractivity contribution in [2.45, 2.75) is 28.8 Å². The molecule has 0 aliphatic heterocycles. The van der Waals surface area contributed by atoms with Gasteiger partial charge in [-0.1, -0.05) is 41.0 Å². The molecule has 1 fully saturated rings. The normalized spacial score (nSPS) is 13.9. The molecule has 0 unspecified atom stereocenters. The number of amides is 1. The number of anilines is 1. The third-order valence-electron chi connectivity index (χ3n) is 4.70. The van der Waals surface area contributed by atoms with E-state index in [4.69, 9.17) is 27.8 Å². The summed E-state index contributed by atoms with van der Waals surface area (Å²) in [5.41, 5.74) is 2.11. The fourth-order valence-corrected chi connectivity index (χ4v) is 5.37. The Bertz CT molecular complexity index is 1310. The quantitative estimate of drug-likeness (QED) is 0.293. The lowest BCUT2D eigenvalue weighted by atomic mass is 10.1. The third kappa shape index (κ3) is 5.29. The first kappa shape index (κ1) is 23.5. The van der Waals surface area contributed by atoms with Crippen LogP contribution >= 0.6 is 50.9 Å². The number of hydrogen-bond donors (Lipinski definition) is 2. The first-order valence-corrected chi connectivity index (χ1v) is 13.2. The molecule has 4 rings (SSSR count). The van der Waals surface area contributed by atoms with E-state index in [2.05, 4.69) is 31.4 Å². The SMILES string of the molecule is O=C(CSc1nnc(Br)n1-c1ccc(C2CC2)cc1Cl)Nc1ccc(S(=O)(=O)O)cc1Cl. The van der Waals surface area contributed by atoms with Gasteiger partial charge in [-0.3, -0.25) is 13.9 Å². The molecule has 0 spiro atoms. The van der Waals surface area contributed by atoms with Crippen molar-refractivity contribution in [3.05, 3.63) is 56.7 Å². The largest absolute Gasteiger partial charge is 0.324 e. The second kappa shape index (κ2) is 9.32. The van der Waals surface area contributed by atoms with Gasteiger partial charge in [-0.15, -0.1) is 10.2 Å². The minimum absolute atomic E-state index is 0.0146. The molecule has 1 saturated carbocycles. The van der Waals surface area contributed by atoms with Crippen LogP contribution in [0.1, 0.15) is 24.3 Å². The maximum Gasteiger partial charge on any atom is 0.294 e. The van der Waals surface area contributed by atoms with Crippen LogP contribution in [0, 0.1) is 0 Å². The number of nitrogens with zero attached hydrogens (tertiary/aromatic N) is 3. The number of nitrogens with one attached hydrogen (secondary N) is 1. The van der Waals surface area contributed by atoms with E-state index in [0.717, 1.165) is 23.9 Å². The molecule has 0 radical (unpaired) electrons. The van der Waals surface area contributed by atoms with Crippen molar-refractivity contribution in [3.63, 3.8) is 0 Å². The van der Waals surface area contributed by atoms with E-state index in [1.165, 1.54) is 24.5 Å². The smallest absolute Gasteiger partial charge is 0.294 e. The summed E-state index contributed by atoms with van der Waals surface area (Å²) in [6, 6.07) is 9.38. The molecule has 3 aromatic rings. The fraction of sp³-hybridized carbons (Fsp3) is 0.211. The Kier molecular flexibility index (Phi) is 6.85. The lowest BCUT2D eigenvalue weighted by molar-refractivity contribution is -0.113. The maximum atomic E-state index is 12.4. The molecule has 0 saturated heterocycles. The number of thioether (sulfide) groups is 1. The zero-order valence-electron chi connectivity index (χ0n) is 16.1. The lowest BCUT2D eigenvalue weighted by Gasteiger charge is -2.11.